The molecule has 3 aromatic rings. The van der Waals surface area contributed by atoms with Crippen molar-refractivity contribution in [1.29, 1.82) is 0 Å². The maximum atomic E-state index is 12.7. The third-order valence-electron chi connectivity index (χ3n) is 4.61. The molecule has 3 rings (SSSR count). The lowest BCUT2D eigenvalue weighted by molar-refractivity contribution is -0.123. The average molecular weight is 419 g/mol. The molecular formula is C25H25NO5. The van der Waals surface area contributed by atoms with Crippen molar-refractivity contribution in [2.75, 3.05) is 12.4 Å². The van der Waals surface area contributed by atoms with E-state index < -0.39 is 18.0 Å². The van der Waals surface area contributed by atoms with Gasteiger partial charge in [0.2, 0.25) is 0 Å². The van der Waals surface area contributed by atoms with Crippen molar-refractivity contribution in [3.8, 4) is 11.5 Å². The van der Waals surface area contributed by atoms with Crippen molar-refractivity contribution in [3.05, 3.63) is 89.5 Å². The highest BCUT2D eigenvalue weighted by atomic mass is 16.5. The van der Waals surface area contributed by atoms with Crippen molar-refractivity contribution in [1.82, 2.24) is 0 Å². The second-order valence-electron chi connectivity index (χ2n) is 7.01. The molecule has 1 N–H and O–H groups in total. The summed E-state index contributed by atoms with van der Waals surface area (Å²) in [5, 5.41) is 2.75. The Morgan fingerprint density at radius 2 is 1.65 bits per heavy atom. The predicted molar refractivity (Wildman–Crippen MR) is 118 cm³/mol. The van der Waals surface area contributed by atoms with Gasteiger partial charge in [0.25, 0.3) is 5.91 Å². The summed E-state index contributed by atoms with van der Waals surface area (Å²) in [6, 6.07) is 21.9. The van der Waals surface area contributed by atoms with Crippen LogP contribution in [0.2, 0.25) is 0 Å². The maximum absolute atomic E-state index is 12.7. The van der Waals surface area contributed by atoms with Crippen molar-refractivity contribution in [2.45, 2.75) is 26.6 Å². The quantitative estimate of drug-likeness (QED) is 0.533. The number of carbonyl (C=O) groups excluding carboxylic acids is 2. The molecule has 6 heteroatoms. The first-order valence-corrected chi connectivity index (χ1v) is 9.90. The van der Waals surface area contributed by atoms with Crippen LogP contribution in [0.15, 0.2) is 72.8 Å². The van der Waals surface area contributed by atoms with Crippen molar-refractivity contribution in [3.63, 3.8) is 0 Å². The normalized spacial score (nSPS) is 11.3. The van der Waals surface area contributed by atoms with Gasteiger partial charge in [-0.2, -0.15) is 0 Å². The Labute approximate surface area is 181 Å². The Morgan fingerprint density at radius 3 is 2.39 bits per heavy atom. The predicted octanol–water partition coefficient (Wildman–Crippen LogP) is 4.77. The van der Waals surface area contributed by atoms with Crippen LogP contribution >= 0.6 is 0 Å². The van der Waals surface area contributed by atoms with E-state index in [4.69, 9.17) is 14.2 Å². The van der Waals surface area contributed by atoms with Crippen molar-refractivity contribution >= 4 is 17.6 Å². The molecule has 0 spiro atoms. The number of amides is 1. The number of hydrogen-bond donors (Lipinski definition) is 1. The van der Waals surface area contributed by atoms with Gasteiger partial charge in [0.05, 0.1) is 12.8 Å². The van der Waals surface area contributed by atoms with E-state index in [0.29, 0.717) is 23.8 Å². The lowest BCUT2D eigenvalue weighted by atomic mass is 10.2. The summed E-state index contributed by atoms with van der Waals surface area (Å²) in [6.07, 6.45) is -1.01. The minimum atomic E-state index is -1.01. The van der Waals surface area contributed by atoms with Crippen LogP contribution in [-0.2, 0) is 16.1 Å². The zero-order chi connectivity index (χ0) is 22.2. The second kappa shape index (κ2) is 10.3. The van der Waals surface area contributed by atoms with Crippen molar-refractivity contribution in [2.24, 2.45) is 0 Å². The molecule has 160 valence electrons. The fourth-order valence-electron chi connectivity index (χ4n) is 2.93. The molecule has 1 atom stereocenters. The Balaban J connectivity index is 1.66. The number of nitrogens with one attached hydrogen (secondary N) is 1. The Bertz CT molecular complexity index is 1050. The van der Waals surface area contributed by atoms with E-state index in [9.17, 15) is 9.59 Å². The Hall–Kier alpha value is -3.80. The van der Waals surface area contributed by atoms with Gasteiger partial charge in [-0.05, 0) is 49.2 Å². The van der Waals surface area contributed by atoms with Gasteiger partial charge in [-0.3, -0.25) is 4.79 Å². The van der Waals surface area contributed by atoms with E-state index in [1.807, 2.05) is 43.3 Å². The minimum Gasteiger partial charge on any atom is -0.495 e. The average Bonchev–Trinajstić information content (AvgIpc) is 2.78. The first-order valence-electron chi connectivity index (χ1n) is 9.90. The van der Waals surface area contributed by atoms with Crippen LogP contribution in [-0.4, -0.2) is 25.1 Å². The molecule has 3 aromatic carbocycles. The number of ether oxygens (including phenoxy) is 3. The number of methoxy groups -OCH3 is 1. The van der Waals surface area contributed by atoms with Crippen LogP contribution in [0.5, 0.6) is 11.5 Å². The number of rotatable bonds is 8. The van der Waals surface area contributed by atoms with Gasteiger partial charge in [0.15, 0.2) is 6.10 Å². The van der Waals surface area contributed by atoms with Crippen molar-refractivity contribution < 1.29 is 23.8 Å². The molecule has 1 amide bonds. The molecule has 31 heavy (non-hydrogen) atoms. The number of benzene rings is 3. The van der Waals surface area contributed by atoms with Crippen LogP contribution in [0.4, 0.5) is 5.69 Å². The van der Waals surface area contributed by atoms with Gasteiger partial charge >= 0.3 is 5.97 Å². The number of anilines is 1. The number of para-hydroxylation sites is 1. The first kappa shape index (κ1) is 21.9. The summed E-state index contributed by atoms with van der Waals surface area (Å²) < 4.78 is 16.5. The SMILES string of the molecule is COc1ccc(C)cc1NC(=O)C(C)OC(=O)c1ccccc1OCc1ccccc1. The topological polar surface area (TPSA) is 73.9 Å². The van der Waals surface area contributed by atoms with Gasteiger partial charge in [-0.1, -0.05) is 48.5 Å². The van der Waals surface area contributed by atoms with Gasteiger partial charge in [0, 0.05) is 0 Å². The molecule has 0 fully saturated rings. The molecule has 0 aliphatic carbocycles. The van der Waals surface area contributed by atoms with Crippen LogP contribution in [0.1, 0.15) is 28.4 Å². The van der Waals surface area contributed by atoms with E-state index in [1.54, 1.807) is 36.4 Å². The summed E-state index contributed by atoms with van der Waals surface area (Å²) in [5.74, 6) is -0.177. The van der Waals surface area contributed by atoms with Crippen LogP contribution in [0.25, 0.3) is 0 Å². The van der Waals surface area contributed by atoms with Gasteiger partial charge in [0.1, 0.15) is 23.7 Å². The number of carbonyl (C=O) groups is 2. The lowest BCUT2D eigenvalue weighted by Gasteiger charge is -2.17. The van der Waals surface area contributed by atoms with Crippen LogP contribution in [0, 0.1) is 6.92 Å². The van der Waals surface area contributed by atoms with E-state index in [2.05, 4.69) is 5.32 Å². The molecule has 0 saturated heterocycles. The van der Waals surface area contributed by atoms with Gasteiger partial charge < -0.3 is 19.5 Å². The molecular weight excluding hydrogens is 394 g/mol. The third-order valence-corrected chi connectivity index (χ3v) is 4.61. The summed E-state index contributed by atoms with van der Waals surface area (Å²) in [4.78, 5) is 25.3. The molecule has 0 radical (unpaired) electrons. The van der Waals surface area contributed by atoms with E-state index in [0.717, 1.165) is 11.1 Å². The Morgan fingerprint density at radius 1 is 0.935 bits per heavy atom. The van der Waals surface area contributed by atoms with E-state index in [-0.39, 0.29) is 5.56 Å². The van der Waals surface area contributed by atoms with Gasteiger partial charge in [-0.15, -0.1) is 0 Å². The smallest absolute Gasteiger partial charge is 0.342 e. The minimum absolute atomic E-state index is 0.256. The summed E-state index contributed by atoms with van der Waals surface area (Å²) in [5.41, 5.74) is 2.71. The fourth-order valence-corrected chi connectivity index (χ4v) is 2.93. The number of aryl methyl sites for hydroxylation is 1. The maximum Gasteiger partial charge on any atom is 0.342 e. The fraction of sp³-hybridized carbons (Fsp3) is 0.200. The van der Waals surface area contributed by atoms with E-state index in [1.165, 1.54) is 14.0 Å². The molecule has 0 aliphatic rings. The molecule has 0 aliphatic heterocycles. The largest absolute Gasteiger partial charge is 0.495 e. The number of hydrogen-bond acceptors (Lipinski definition) is 5. The molecule has 0 bridgehead atoms. The molecule has 0 saturated carbocycles. The van der Waals surface area contributed by atoms with Gasteiger partial charge in [-0.25, -0.2) is 4.79 Å². The molecule has 6 nitrogen and oxygen atoms in total. The van der Waals surface area contributed by atoms with Crippen LogP contribution < -0.4 is 14.8 Å². The zero-order valence-corrected chi connectivity index (χ0v) is 17.8. The summed E-state index contributed by atoms with van der Waals surface area (Å²) >= 11 is 0. The number of esters is 1. The lowest BCUT2D eigenvalue weighted by Crippen LogP contribution is -2.30. The highest BCUT2D eigenvalue weighted by Gasteiger charge is 2.22. The van der Waals surface area contributed by atoms with E-state index >= 15 is 0 Å². The molecule has 0 heterocycles. The summed E-state index contributed by atoms with van der Waals surface area (Å²) in [6.45, 7) is 3.74. The standard InChI is InChI=1S/C25H25NO5/c1-17-13-14-23(29-3)21(15-17)26-24(27)18(2)31-25(28)20-11-7-8-12-22(20)30-16-19-9-5-4-6-10-19/h4-15,18H,16H2,1-3H3,(H,26,27). The molecule has 0 aromatic heterocycles. The van der Waals surface area contributed by atoms with Crippen LogP contribution in [0.3, 0.4) is 0 Å². The highest BCUT2D eigenvalue weighted by Crippen LogP contribution is 2.26. The summed E-state index contributed by atoms with van der Waals surface area (Å²) in [7, 11) is 1.52. The highest BCUT2D eigenvalue weighted by molar-refractivity contribution is 5.99. The second-order valence-corrected chi connectivity index (χ2v) is 7.01. The Kier molecular flexibility index (Phi) is 7.27. The zero-order valence-electron chi connectivity index (χ0n) is 17.8. The third kappa shape index (κ3) is 5.85. The molecule has 1 unspecified atom stereocenters. The first-order chi connectivity index (χ1) is 15.0. The monoisotopic (exact) mass is 419 g/mol.